The second-order valence-corrected chi connectivity index (χ2v) is 9.82. The number of nitrogens with zero attached hydrogens (tertiary/aromatic N) is 2. The first-order valence-corrected chi connectivity index (χ1v) is 12.7. The Morgan fingerprint density at radius 1 is 1.17 bits per heavy atom. The van der Waals surface area contributed by atoms with Crippen LogP contribution < -0.4 is 10.2 Å². The molecular weight excluding hydrogens is 470 g/mol. The third-order valence-corrected chi connectivity index (χ3v) is 7.30. The molecule has 1 saturated heterocycles. The number of allylic oxidation sites excluding steroid dienone is 1. The van der Waals surface area contributed by atoms with Crippen molar-refractivity contribution in [1.29, 1.82) is 0 Å². The fourth-order valence-corrected chi connectivity index (χ4v) is 5.14. The fourth-order valence-electron chi connectivity index (χ4n) is 5.01. The summed E-state index contributed by atoms with van der Waals surface area (Å²) in [6, 6.07) is 17.2. The highest BCUT2D eigenvalue weighted by Gasteiger charge is 2.28. The highest BCUT2D eigenvalue weighted by Crippen LogP contribution is 2.38. The summed E-state index contributed by atoms with van der Waals surface area (Å²) >= 11 is 6.03. The van der Waals surface area contributed by atoms with Crippen molar-refractivity contribution in [2.75, 3.05) is 38.1 Å². The minimum Gasteiger partial charge on any atom is -0.507 e. The maximum Gasteiger partial charge on any atom is 0.258 e. The van der Waals surface area contributed by atoms with Crippen molar-refractivity contribution in [3.05, 3.63) is 106 Å². The summed E-state index contributed by atoms with van der Waals surface area (Å²) in [4.78, 5) is 17.5. The minimum absolute atomic E-state index is 0.0805. The second-order valence-electron chi connectivity index (χ2n) is 9.38. The standard InChI is InChI=1S/C30H34ClN3O2/c1-5-7-26-20(2)18-27(21(3)29(26)35)28(34-16-14-32-15-17-34)22-8-6-9-23(19-22)30(36)33(4)25-12-10-24(31)11-13-25/h5-6,8-13,18-19,28,32,35H,1,7,14-17H2,2-4H3/t28-/m1/s1. The number of hydrogen-bond donors (Lipinski definition) is 2. The number of carbonyl (C=O) groups is 1. The predicted octanol–water partition coefficient (Wildman–Crippen LogP) is 5.66. The Morgan fingerprint density at radius 3 is 2.53 bits per heavy atom. The summed E-state index contributed by atoms with van der Waals surface area (Å²) in [5.41, 5.74) is 6.33. The molecule has 1 fully saturated rings. The van der Waals surface area contributed by atoms with E-state index >= 15 is 0 Å². The lowest BCUT2D eigenvalue weighted by atomic mass is 9.88. The van der Waals surface area contributed by atoms with Gasteiger partial charge in [0, 0.05) is 55.1 Å². The number of amides is 1. The van der Waals surface area contributed by atoms with Gasteiger partial charge in [-0.3, -0.25) is 9.69 Å². The lowest BCUT2D eigenvalue weighted by Gasteiger charge is -2.37. The van der Waals surface area contributed by atoms with E-state index in [1.807, 2.05) is 50.3 Å². The van der Waals surface area contributed by atoms with E-state index < -0.39 is 0 Å². The number of rotatable bonds is 7. The largest absolute Gasteiger partial charge is 0.507 e. The number of hydrogen-bond acceptors (Lipinski definition) is 4. The van der Waals surface area contributed by atoms with Crippen LogP contribution >= 0.6 is 11.6 Å². The number of phenolic OH excluding ortho intramolecular Hbond substituents is 1. The summed E-state index contributed by atoms with van der Waals surface area (Å²) in [6.45, 7) is 11.4. The molecule has 1 aliphatic rings. The second kappa shape index (κ2) is 11.3. The van der Waals surface area contributed by atoms with Crippen molar-refractivity contribution in [1.82, 2.24) is 10.2 Å². The molecule has 0 aromatic heterocycles. The molecule has 4 rings (SSSR count). The smallest absolute Gasteiger partial charge is 0.258 e. The molecule has 0 radical (unpaired) electrons. The molecule has 36 heavy (non-hydrogen) atoms. The Hall–Kier alpha value is -3.12. The van der Waals surface area contributed by atoms with Gasteiger partial charge in [0.15, 0.2) is 0 Å². The van der Waals surface area contributed by atoms with Crippen molar-refractivity contribution >= 4 is 23.2 Å². The van der Waals surface area contributed by atoms with Gasteiger partial charge in [0.05, 0.1) is 6.04 Å². The number of carbonyl (C=O) groups excluding carboxylic acids is 1. The van der Waals surface area contributed by atoms with Gasteiger partial charge in [-0.2, -0.15) is 0 Å². The van der Waals surface area contributed by atoms with Gasteiger partial charge in [-0.25, -0.2) is 0 Å². The summed E-state index contributed by atoms with van der Waals surface area (Å²) in [5.74, 6) is 0.245. The van der Waals surface area contributed by atoms with Crippen LogP contribution in [0.25, 0.3) is 0 Å². The molecule has 1 heterocycles. The summed E-state index contributed by atoms with van der Waals surface area (Å²) < 4.78 is 0. The Morgan fingerprint density at radius 2 is 1.86 bits per heavy atom. The Kier molecular flexibility index (Phi) is 8.14. The zero-order valence-electron chi connectivity index (χ0n) is 21.2. The van der Waals surface area contributed by atoms with Crippen LogP contribution in [-0.2, 0) is 6.42 Å². The van der Waals surface area contributed by atoms with Gasteiger partial charge in [-0.15, -0.1) is 6.58 Å². The molecule has 1 atom stereocenters. The van der Waals surface area contributed by atoms with Gasteiger partial charge in [-0.05, 0) is 78.9 Å². The first-order valence-electron chi connectivity index (χ1n) is 12.3. The van der Waals surface area contributed by atoms with Crippen molar-refractivity contribution < 1.29 is 9.90 Å². The number of nitrogens with one attached hydrogen (secondary N) is 1. The summed E-state index contributed by atoms with van der Waals surface area (Å²) in [5, 5.41) is 15.2. The van der Waals surface area contributed by atoms with Gasteiger partial charge in [0.2, 0.25) is 0 Å². The third-order valence-electron chi connectivity index (χ3n) is 7.05. The Balaban J connectivity index is 1.76. The van der Waals surface area contributed by atoms with Crippen molar-refractivity contribution in [3.8, 4) is 5.75 Å². The normalized spacial score (nSPS) is 14.9. The van der Waals surface area contributed by atoms with Crippen LogP contribution in [0, 0.1) is 13.8 Å². The van der Waals surface area contributed by atoms with Crippen LogP contribution in [-0.4, -0.2) is 49.1 Å². The molecule has 3 aromatic carbocycles. The van der Waals surface area contributed by atoms with E-state index in [1.54, 1.807) is 24.1 Å². The topological polar surface area (TPSA) is 55.8 Å². The molecule has 0 aliphatic carbocycles. The number of phenols is 1. The van der Waals surface area contributed by atoms with E-state index in [0.29, 0.717) is 22.8 Å². The van der Waals surface area contributed by atoms with E-state index in [4.69, 9.17) is 11.6 Å². The fraction of sp³-hybridized carbons (Fsp3) is 0.300. The molecule has 188 valence electrons. The monoisotopic (exact) mass is 503 g/mol. The molecule has 0 spiro atoms. The molecular formula is C30H34ClN3O2. The Bertz CT molecular complexity index is 1250. The molecule has 5 nitrogen and oxygen atoms in total. The van der Waals surface area contributed by atoms with Gasteiger partial charge >= 0.3 is 0 Å². The number of aryl methyl sites for hydroxylation is 1. The van der Waals surface area contributed by atoms with Crippen LogP contribution in [0.3, 0.4) is 0 Å². The molecule has 2 N–H and O–H groups in total. The highest BCUT2D eigenvalue weighted by molar-refractivity contribution is 6.30. The first kappa shape index (κ1) is 26.0. The number of halogens is 1. The van der Waals surface area contributed by atoms with Crippen LogP contribution in [0.4, 0.5) is 5.69 Å². The average Bonchev–Trinajstić information content (AvgIpc) is 2.90. The van der Waals surface area contributed by atoms with E-state index in [-0.39, 0.29) is 11.9 Å². The van der Waals surface area contributed by atoms with Gasteiger partial charge in [0.25, 0.3) is 5.91 Å². The molecule has 3 aromatic rings. The number of aromatic hydroxyl groups is 1. The number of benzene rings is 3. The maximum absolute atomic E-state index is 13.4. The molecule has 0 unspecified atom stereocenters. The molecule has 0 bridgehead atoms. The first-order chi connectivity index (χ1) is 17.3. The van der Waals surface area contributed by atoms with Gasteiger partial charge in [0.1, 0.15) is 5.75 Å². The zero-order chi connectivity index (χ0) is 25.8. The van der Waals surface area contributed by atoms with Crippen molar-refractivity contribution in [3.63, 3.8) is 0 Å². The maximum atomic E-state index is 13.4. The van der Waals surface area contributed by atoms with Crippen LogP contribution in [0.1, 0.15) is 44.2 Å². The predicted molar refractivity (Wildman–Crippen MR) is 148 cm³/mol. The summed E-state index contributed by atoms with van der Waals surface area (Å²) in [6.07, 6.45) is 2.44. The SMILES string of the molecule is C=CCc1c(C)cc([C@@H](c2cccc(C(=O)N(C)c3ccc(Cl)cc3)c2)N2CCNCC2)c(C)c1O. The summed E-state index contributed by atoms with van der Waals surface area (Å²) in [7, 11) is 1.77. The van der Waals surface area contributed by atoms with Gasteiger partial charge < -0.3 is 15.3 Å². The minimum atomic E-state index is -0.0877. The molecule has 1 aliphatic heterocycles. The molecule has 0 saturated carbocycles. The lowest BCUT2D eigenvalue weighted by Crippen LogP contribution is -2.45. The van der Waals surface area contributed by atoms with E-state index in [0.717, 1.165) is 59.7 Å². The third kappa shape index (κ3) is 5.34. The van der Waals surface area contributed by atoms with E-state index in [9.17, 15) is 9.90 Å². The van der Waals surface area contributed by atoms with Crippen molar-refractivity contribution in [2.45, 2.75) is 26.3 Å². The lowest BCUT2D eigenvalue weighted by molar-refractivity contribution is 0.0992. The van der Waals surface area contributed by atoms with Crippen LogP contribution in [0.15, 0.2) is 67.3 Å². The molecule has 6 heteroatoms. The van der Waals surface area contributed by atoms with Crippen LogP contribution in [0.5, 0.6) is 5.75 Å². The highest BCUT2D eigenvalue weighted by atomic mass is 35.5. The Labute approximate surface area is 219 Å². The van der Waals surface area contributed by atoms with E-state index in [2.05, 4.69) is 28.9 Å². The van der Waals surface area contributed by atoms with Gasteiger partial charge in [-0.1, -0.05) is 35.9 Å². The van der Waals surface area contributed by atoms with E-state index in [1.165, 1.54) is 0 Å². The van der Waals surface area contributed by atoms with Crippen LogP contribution in [0.2, 0.25) is 5.02 Å². The zero-order valence-corrected chi connectivity index (χ0v) is 22.0. The van der Waals surface area contributed by atoms with Crippen molar-refractivity contribution in [2.24, 2.45) is 0 Å². The average molecular weight is 504 g/mol. The number of anilines is 1. The quantitative estimate of drug-likeness (QED) is 0.408. The molecule has 1 amide bonds. The number of piperazine rings is 1.